The molecule has 4 fully saturated rings. The summed E-state index contributed by atoms with van der Waals surface area (Å²) in [5.41, 5.74) is 2.61. The van der Waals surface area contributed by atoms with Crippen LogP contribution in [0, 0.1) is 17.8 Å². The molecule has 3 N–H and O–H groups in total. The van der Waals surface area contributed by atoms with Crippen LogP contribution in [0.2, 0.25) is 0 Å². The SMILES string of the molecule is O=C1CCC(C2Cc3c(NCCCOC4CCN(C[C@H]5CC[C@H](n6cc(NC(=O)c7cnn8ccc(N9CCOCC9)nc78)c(C(F)F)n6)CC5)CC4)cccc3C2=O)C(=O)N1. The number of alkyl halides is 2. The molecule has 0 radical (unpaired) electrons. The van der Waals surface area contributed by atoms with Gasteiger partial charge in [0.05, 0.1) is 37.2 Å². The lowest BCUT2D eigenvalue weighted by Gasteiger charge is -2.36. The Morgan fingerprint density at radius 3 is 2.55 bits per heavy atom. The molecule has 330 valence electrons. The zero-order chi connectivity index (χ0) is 42.7. The Kier molecular flexibility index (Phi) is 12.6. The summed E-state index contributed by atoms with van der Waals surface area (Å²) >= 11 is 0. The van der Waals surface area contributed by atoms with E-state index < -0.39 is 29.9 Å². The quantitative estimate of drug-likeness (QED) is 0.114. The van der Waals surface area contributed by atoms with E-state index >= 15 is 0 Å². The van der Waals surface area contributed by atoms with E-state index in [-0.39, 0.29) is 47.4 Å². The van der Waals surface area contributed by atoms with E-state index in [2.05, 4.69) is 40.9 Å². The number of piperidine rings is 2. The van der Waals surface area contributed by atoms with Crippen LogP contribution in [0.5, 0.6) is 0 Å². The number of morpholine rings is 1. The average Bonchev–Trinajstić information content (AvgIpc) is 4.00. The minimum absolute atomic E-state index is 0.00377. The van der Waals surface area contributed by atoms with E-state index in [4.69, 9.17) is 9.47 Å². The molecule has 5 aliphatic rings. The van der Waals surface area contributed by atoms with Crippen LogP contribution in [0.3, 0.4) is 0 Å². The van der Waals surface area contributed by atoms with Gasteiger partial charge in [0.2, 0.25) is 11.8 Å². The van der Waals surface area contributed by atoms with Crippen LogP contribution in [-0.2, 0) is 25.5 Å². The zero-order valence-electron chi connectivity index (χ0n) is 34.8. The molecular weight excluding hydrogens is 803 g/mol. The molecule has 3 amide bonds. The lowest BCUT2D eigenvalue weighted by molar-refractivity contribution is -0.137. The highest BCUT2D eigenvalue weighted by atomic mass is 19.3. The average molecular weight is 857 g/mol. The fraction of sp³-hybridized carbons (Fsp3) is 0.568. The summed E-state index contributed by atoms with van der Waals surface area (Å²) in [4.78, 5) is 60.1. The Morgan fingerprint density at radius 2 is 1.77 bits per heavy atom. The van der Waals surface area contributed by atoms with Crippen molar-refractivity contribution in [1.29, 1.82) is 0 Å². The molecule has 2 atom stereocenters. The second-order valence-electron chi connectivity index (χ2n) is 17.3. The normalized spacial score (nSPS) is 23.9. The number of carbonyl (C=O) groups excluding carboxylic acids is 4. The number of aromatic nitrogens is 5. The minimum atomic E-state index is -2.85. The van der Waals surface area contributed by atoms with Crippen LogP contribution in [0.4, 0.5) is 26.0 Å². The molecule has 0 bridgehead atoms. The van der Waals surface area contributed by atoms with Crippen molar-refractivity contribution in [1.82, 2.24) is 34.6 Å². The maximum Gasteiger partial charge on any atom is 0.284 e. The van der Waals surface area contributed by atoms with E-state index in [1.54, 1.807) is 17.1 Å². The highest BCUT2D eigenvalue weighted by Gasteiger charge is 2.42. The third-order valence-corrected chi connectivity index (χ3v) is 13.4. The summed E-state index contributed by atoms with van der Waals surface area (Å²) in [6.07, 6.45) is 9.53. The molecule has 1 saturated carbocycles. The van der Waals surface area contributed by atoms with Gasteiger partial charge >= 0.3 is 0 Å². The maximum absolute atomic E-state index is 14.2. The number of benzene rings is 1. The van der Waals surface area contributed by atoms with Crippen LogP contribution >= 0.6 is 0 Å². The number of ether oxygens (including phenoxy) is 2. The third kappa shape index (κ3) is 9.08. The number of amides is 3. The fourth-order valence-corrected chi connectivity index (χ4v) is 9.92. The lowest BCUT2D eigenvalue weighted by Crippen LogP contribution is -2.44. The Labute approximate surface area is 358 Å². The number of Topliss-reactive ketones (excluding diaryl/α,β-unsaturated/α-hetero) is 1. The van der Waals surface area contributed by atoms with Crippen LogP contribution in [0.25, 0.3) is 5.65 Å². The summed E-state index contributed by atoms with van der Waals surface area (Å²) in [6, 6.07) is 7.48. The first kappa shape index (κ1) is 42.0. The van der Waals surface area contributed by atoms with Crippen molar-refractivity contribution in [3.8, 4) is 0 Å². The number of hydrogen-bond donors (Lipinski definition) is 3. The molecule has 9 rings (SSSR count). The van der Waals surface area contributed by atoms with E-state index in [1.165, 1.54) is 10.7 Å². The molecule has 2 aliphatic carbocycles. The Morgan fingerprint density at radius 1 is 0.968 bits per heavy atom. The molecule has 16 nitrogen and oxygen atoms in total. The number of likely N-dealkylation sites (tertiary alicyclic amines) is 1. The number of rotatable bonds is 14. The van der Waals surface area contributed by atoms with Crippen molar-refractivity contribution in [2.24, 2.45) is 17.8 Å². The topological polar surface area (TPSA) is 177 Å². The summed E-state index contributed by atoms with van der Waals surface area (Å²) in [5.74, 6) is -0.905. The molecule has 2 unspecified atom stereocenters. The highest BCUT2D eigenvalue weighted by Crippen LogP contribution is 2.39. The van der Waals surface area contributed by atoms with Gasteiger partial charge in [0.25, 0.3) is 12.3 Å². The predicted molar refractivity (Wildman–Crippen MR) is 225 cm³/mol. The number of fused-ring (bicyclic) bond motifs is 2. The first-order valence-electron chi connectivity index (χ1n) is 22.1. The number of nitrogens with one attached hydrogen (secondary N) is 3. The number of halogens is 2. The smallest absolute Gasteiger partial charge is 0.284 e. The van der Waals surface area contributed by atoms with Crippen LogP contribution in [0.1, 0.15) is 102 Å². The van der Waals surface area contributed by atoms with Gasteiger partial charge in [0, 0.05) is 87.8 Å². The second-order valence-corrected chi connectivity index (χ2v) is 17.3. The number of anilines is 3. The van der Waals surface area contributed by atoms with Gasteiger partial charge in [-0.3, -0.25) is 29.2 Å². The van der Waals surface area contributed by atoms with E-state index in [9.17, 15) is 28.0 Å². The van der Waals surface area contributed by atoms with E-state index in [0.717, 1.165) is 75.8 Å². The van der Waals surface area contributed by atoms with Gasteiger partial charge in [-0.05, 0) is 81.4 Å². The van der Waals surface area contributed by atoms with Crippen molar-refractivity contribution in [3.05, 3.63) is 65.2 Å². The molecule has 62 heavy (non-hydrogen) atoms. The summed E-state index contributed by atoms with van der Waals surface area (Å²) in [7, 11) is 0. The molecule has 18 heteroatoms. The van der Waals surface area contributed by atoms with Gasteiger partial charge in [-0.25, -0.2) is 18.3 Å². The summed E-state index contributed by atoms with van der Waals surface area (Å²) in [5, 5.41) is 17.1. The van der Waals surface area contributed by atoms with Gasteiger partial charge in [-0.2, -0.15) is 10.2 Å². The first-order valence-corrected chi connectivity index (χ1v) is 22.1. The van der Waals surface area contributed by atoms with Crippen molar-refractivity contribution in [3.63, 3.8) is 0 Å². The number of ketones is 1. The fourth-order valence-electron chi connectivity index (χ4n) is 9.92. The number of imide groups is 1. The van der Waals surface area contributed by atoms with Gasteiger partial charge in [-0.15, -0.1) is 0 Å². The monoisotopic (exact) mass is 856 g/mol. The number of hydrogen-bond acceptors (Lipinski definition) is 12. The molecule has 3 aromatic heterocycles. The van der Waals surface area contributed by atoms with Crippen molar-refractivity contribution in [2.45, 2.75) is 82.8 Å². The summed E-state index contributed by atoms with van der Waals surface area (Å²) < 4.78 is 43.3. The van der Waals surface area contributed by atoms with Gasteiger partial charge in [0.15, 0.2) is 17.1 Å². The first-order chi connectivity index (χ1) is 30.2. The molecular formula is C44H54F2N10O6. The van der Waals surface area contributed by atoms with Crippen molar-refractivity contribution in [2.75, 3.05) is 74.6 Å². The minimum Gasteiger partial charge on any atom is -0.385 e. The highest BCUT2D eigenvalue weighted by molar-refractivity contribution is 6.09. The van der Waals surface area contributed by atoms with E-state index in [0.29, 0.717) is 75.2 Å². The predicted octanol–water partition coefficient (Wildman–Crippen LogP) is 5.07. The Bertz CT molecular complexity index is 2280. The molecule has 3 saturated heterocycles. The maximum atomic E-state index is 14.2. The van der Waals surface area contributed by atoms with Gasteiger partial charge in [-0.1, -0.05) is 12.1 Å². The van der Waals surface area contributed by atoms with E-state index in [1.807, 2.05) is 24.3 Å². The van der Waals surface area contributed by atoms with Crippen molar-refractivity contribution >= 4 is 46.3 Å². The molecule has 1 aromatic carbocycles. The van der Waals surface area contributed by atoms with Crippen LogP contribution in [0.15, 0.2) is 42.9 Å². The molecule has 3 aliphatic heterocycles. The second kappa shape index (κ2) is 18.6. The molecule has 0 spiro atoms. The Hall–Kier alpha value is -5.33. The zero-order valence-corrected chi connectivity index (χ0v) is 34.8. The molecule has 6 heterocycles. The van der Waals surface area contributed by atoms with Crippen molar-refractivity contribution < 1.29 is 37.4 Å². The molecule has 4 aromatic rings. The standard InChI is InChI=1S/C44H54F2N10O6/c45-41(46)39-36(49-44(60)34-24-48-55-17-13-37(50-42(34)55)54-18-21-61-22-19-54)26-56(52-39)28-7-5-27(6-8-28)25-53-15-11-29(12-16-53)62-20-2-14-47-35-4-1-3-30-32(35)23-33(40(30)58)31-9-10-38(57)51-43(31)59/h1,3-4,13,17,24,26-29,31,33,41,47H,2,5-12,14-16,18-23,25H2,(H,49,60)(H,51,57,59)/t27-,28-,31?,33?. The number of nitrogens with zero attached hydrogens (tertiary/aromatic N) is 7. The number of carbonyl (C=O) groups is 4. The van der Waals surface area contributed by atoms with Gasteiger partial charge in [0.1, 0.15) is 11.4 Å². The van der Waals surface area contributed by atoms with Crippen LogP contribution < -0.4 is 20.9 Å². The third-order valence-electron chi connectivity index (χ3n) is 13.4. The largest absolute Gasteiger partial charge is 0.385 e. The Balaban J connectivity index is 0.697. The lowest BCUT2D eigenvalue weighted by atomic mass is 9.83. The van der Waals surface area contributed by atoms with Gasteiger partial charge < -0.3 is 29.9 Å². The van der Waals surface area contributed by atoms with Crippen LogP contribution in [-0.4, -0.2) is 118 Å². The summed E-state index contributed by atoms with van der Waals surface area (Å²) in [6.45, 7) is 6.81.